The lowest BCUT2D eigenvalue weighted by Crippen LogP contribution is -2.36. The molecule has 6 nitrogen and oxygen atoms in total. The second-order valence-electron chi connectivity index (χ2n) is 7.53. The molecular weight excluding hydrogens is 368 g/mol. The van der Waals surface area contributed by atoms with Crippen molar-refractivity contribution in [3.8, 4) is 5.75 Å². The quantitative estimate of drug-likeness (QED) is 0.737. The summed E-state index contributed by atoms with van der Waals surface area (Å²) in [5, 5.41) is 0. The van der Waals surface area contributed by atoms with E-state index < -0.39 is 0 Å². The van der Waals surface area contributed by atoms with Crippen molar-refractivity contribution in [2.45, 2.75) is 25.0 Å². The zero-order valence-corrected chi connectivity index (χ0v) is 17.7. The van der Waals surface area contributed by atoms with Gasteiger partial charge in [-0.25, -0.2) is 4.79 Å². The summed E-state index contributed by atoms with van der Waals surface area (Å²) in [5.41, 5.74) is 2.64. The summed E-state index contributed by atoms with van der Waals surface area (Å²) in [4.78, 5) is 15.4. The molecule has 0 N–H and O–H groups in total. The lowest BCUT2D eigenvalue weighted by molar-refractivity contribution is -0.0948. The van der Waals surface area contributed by atoms with Gasteiger partial charge < -0.3 is 19.1 Å². The van der Waals surface area contributed by atoms with Gasteiger partial charge in [-0.2, -0.15) is 0 Å². The van der Waals surface area contributed by atoms with Gasteiger partial charge in [0.15, 0.2) is 0 Å². The highest BCUT2D eigenvalue weighted by Crippen LogP contribution is 2.36. The Hall–Kier alpha value is -2.57. The monoisotopic (exact) mass is 398 g/mol. The average molecular weight is 399 g/mol. The van der Waals surface area contributed by atoms with E-state index in [0.29, 0.717) is 19.8 Å². The number of amides is 2. The Morgan fingerprint density at radius 2 is 1.79 bits per heavy atom. The molecule has 1 aliphatic rings. The Morgan fingerprint density at radius 3 is 2.48 bits per heavy atom. The van der Waals surface area contributed by atoms with Crippen LogP contribution < -0.4 is 9.64 Å². The molecule has 1 aliphatic heterocycles. The summed E-state index contributed by atoms with van der Waals surface area (Å²) < 4.78 is 17.4. The maximum absolute atomic E-state index is 12.2. The number of hydrogen-bond acceptors (Lipinski definition) is 4. The minimum atomic E-state index is -0.313. The molecule has 0 radical (unpaired) electrons. The van der Waals surface area contributed by atoms with E-state index >= 15 is 0 Å². The van der Waals surface area contributed by atoms with E-state index in [9.17, 15) is 4.79 Å². The van der Waals surface area contributed by atoms with E-state index in [1.54, 1.807) is 38.1 Å². The number of carbonyl (C=O) groups excluding carboxylic acids is 1. The first-order chi connectivity index (χ1) is 13.9. The van der Waals surface area contributed by atoms with Crippen molar-refractivity contribution in [1.82, 2.24) is 4.90 Å². The Labute approximate surface area is 173 Å². The number of urea groups is 1. The molecule has 0 bridgehead atoms. The third-order valence-electron chi connectivity index (χ3n) is 5.42. The van der Waals surface area contributed by atoms with Crippen molar-refractivity contribution in [2.24, 2.45) is 0 Å². The van der Waals surface area contributed by atoms with Crippen LogP contribution in [0.2, 0.25) is 0 Å². The number of nitrogens with zero attached hydrogens (tertiary/aromatic N) is 2. The SMILES string of the molecule is COC1(c2cccc(OCc3cccc(N(C)C(=O)N(C)C)c3)c2)CCOCC1. The van der Waals surface area contributed by atoms with Gasteiger partial charge in [0, 0.05) is 60.0 Å². The number of ether oxygens (including phenoxy) is 3. The number of rotatable bonds is 6. The van der Waals surface area contributed by atoms with Gasteiger partial charge in [0.05, 0.1) is 5.60 Å². The first-order valence-electron chi connectivity index (χ1n) is 9.85. The van der Waals surface area contributed by atoms with E-state index in [1.165, 1.54) is 0 Å². The largest absolute Gasteiger partial charge is 0.489 e. The number of anilines is 1. The van der Waals surface area contributed by atoms with Gasteiger partial charge in [-0.15, -0.1) is 0 Å². The van der Waals surface area contributed by atoms with Crippen LogP contribution in [0.25, 0.3) is 0 Å². The van der Waals surface area contributed by atoms with Crippen LogP contribution in [0, 0.1) is 0 Å². The van der Waals surface area contributed by atoms with Gasteiger partial charge in [0.25, 0.3) is 0 Å². The molecule has 2 aromatic rings. The maximum atomic E-state index is 12.2. The Morgan fingerprint density at radius 1 is 1.07 bits per heavy atom. The van der Waals surface area contributed by atoms with Crippen LogP contribution in [0.3, 0.4) is 0 Å². The first kappa shape index (κ1) is 21.1. The van der Waals surface area contributed by atoms with Crippen LogP contribution in [0.4, 0.5) is 10.5 Å². The third kappa shape index (κ3) is 4.89. The second-order valence-corrected chi connectivity index (χ2v) is 7.53. The summed E-state index contributed by atoms with van der Waals surface area (Å²) in [6.45, 7) is 1.82. The van der Waals surface area contributed by atoms with Crippen LogP contribution in [0.15, 0.2) is 48.5 Å². The summed E-state index contributed by atoms with van der Waals surface area (Å²) in [5.74, 6) is 0.800. The molecule has 3 rings (SSSR count). The van der Waals surface area contributed by atoms with Crippen LogP contribution >= 0.6 is 0 Å². The fourth-order valence-corrected chi connectivity index (χ4v) is 3.61. The summed E-state index contributed by atoms with van der Waals surface area (Å²) in [6, 6.07) is 15.8. The molecule has 0 atom stereocenters. The van der Waals surface area contributed by atoms with Gasteiger partial charge in [-0.3, -0.25) is 4.90 Å². The molecule has 156 valence electrons. The molecule has 0 aliphatic carbocycles. The first-order valence-corrected chi connectivity index (χ1v) is 9.85. The van der Waals surface area contributed by atoms with Gasteiger partial charge in [-0.05, 0) is 35.4 Å². The van der Waals surface area contributed by atoms with Crippen LogP contribution in [0.1, 0.15) is 24.0 Å². The van der Waals surface area contributed by atoms with E-state index in [-0.39, 0.29) is 11.6 Å². The Kier molecular flexibility index (Phi) is 6.77. The topological polar surface area (TPSA) is 51.2 Å². The van der Waals surface area contributed by atoms with Crippen LogP contribution in [0.5, 0.6) is 5.75 Å². The maximum Gasteiger partial charge on any atom is 0.323 e. The van der Waals surface area contributed by atoms with Gasteiger partial charge in [0.2, 0.25) is 0 Å². The standard InChI is InChI=1S/C23H30N2O4/c1-24(2)22(26)25(3)20-9-5-7-18(15-20)17-29-21-10-6-8-19(16-21)23(27-4)11-13-28-14-12-23/h5-10,15-16H,11-14,17H2,1-4H3. The lowest BCUT2D eigenvalue weighted by Gasteiger charge is -2.36. The zero-order valence-electron chi connectivity index (χ0n) is 17.7. The highest BCUT2D eigenvalue weighted by atomic mass is 16.5. The van der Waals surface area contributed by atoms with Crippen molar-refractivity contribution in [2.75, 3.05) is 46.4 Å². The van der Waals surface area contributed by atoms with Crippen molar-refractivity contribution in [1.29, 1.82) is 0 Å². The van der Waals surface area contributed by atoms with Crippen LogP contribution in [-0.4, -0.2) is 52.4 Å². The molecule has 1 saturated heterocycles. The van der Waals surface area contributed by atoms with E-state index in [2.05, 4.69) is 12.1 Å². The highest BCUT2D eigenvalue weighted by Gasteiger charge is 2.34. The molecular formula is C23H30N2O4. The Bertz CT molecular complexity index is 831. The number of hydrogen-bond donors (Lipinski definition) is 0. The van der Waals surface area contributed by atoms with Gasteiger partial charge in [-0.1, -0.05) is 24.3 Å². The highest BCUT2D eigenvalue weighted by molar-refractivity contribution is 5.91. The molecule has 1 fully saturated rings. The van der Waals surface area contributed by atoms with Gasteiger partial charge in [0.1, 0.15) is 12.4 Å². The van der Waals surface area contributed by atoms with E-state index in [4.69, 9.17) is 14.2 Å². The van der Waals surface area contributed by atoms with E-state index in [1.807, 2.05) is 36.4 Å². The normalized spacial score (nSPS) is 15.6. The lowest BCUT2D eigenvalue weighted by atomic mass is 9.86. The summed E-state index contributed by atoms with van der Waals surface area (Å²) >= 11 is 0. The molecule has 0 spiro atoms. The summed E-state index contributed by atoms with van der Waals surface area (Å²) in [7, 11) is 7.01. The molecule has 0 saturated carbocycles. The fraction of sp³-hybridized carbons (Fsp3) is 0.435. The fourth-order valence-electron chi connectivity index (χ4n) is 3.61. The predicted octanol–water partition coefficient (Wildman–Crippen LogP) is 4.04. The molecule has 0 unspecified atom stereocenters. The molecule has 1 heterocycles. The third-order valence-corrected chi connectivity index (χ3v) is 5.42. The second kappa shape index (κ2) is 9.29. The number of methoxy groups -OCH3 is 1. The Balaban J connectivity index is 1.71. The minimum absolute atomic E-state index is 0.0721. The van der Waals surface area contributed by atoms with Crippen molar-refractivity contribution in [3.05, 3.63) is 59.7 Å². The summed E-state index contributed by atoms with van der Waals surface area (Å²) in [6.07, 6.45) is 1.67. The van der Waals surface area contributed by atoms with Crippen molar-refractivity contribution in [3.63, 3.8) is 0 Å². The molecule has 6 heteroatoms. The smallest absolute Gasteiger partial charge is 0.323 e. The predicted molar refractivity (Wildman–Crippen MR) is 113 cm³/mol. The minimum Gasteiger partial charge on any atom is -0.489 e. The molecule has 0 aromatic heterocycles. The number of benzene rings is 2. The molecule has 2 amide bonds. The van der Waals surface area contributed by atoms with Crippen molar-refractivity contribution < 1.29 is 19.0 Å². The van der Waals surface area contributed by atoms with Gasteiger partial charge >= 0.3 is 6.03 Å². The van der Waals surface area contributed by atoms with E-state index in [0.717, 1.165) is 35.4 Å². The average Bonchev–Trinajstić information content (AvgIpc) is 2.77. The molecule has 29 heavy (non-hydrogen) atoms. The molecule has 2 aromatic carbocycles. The zero-order chi connectivity index (χ0) is 20.9. The van der Waals surface area contributed by atoms with Crippen LogP contribution in [-0.2, 0) is 21.7 Å². The van der Waals surface area contributed by atoms with Crippen molar-refractivity contribution >= 4 is 11.7 Å². The number of carbonyl (C=O) groups is 1.